The monoisotopic (exact) mass is 534 g/mol. The molecule has 0 aliphatic heterocycles. The van der Waals surface area contributed by atoms with Crippen LogP contribution in [0.4, 0.5) is 4.79 Å². The van der Waals surface area contributed by atoms with E-state index in [1.165, 1.54) is 7.11 Å². The first-order valence-electron chi connectivity index (χ1n) is 13.0. The van der Waals surface area contributed by atoms with Crippen LogP contribution in [0.2, 0.25) is 0 Å². The average molecular weight is 535 g/mol. The first-order chi connectivity index (χ1) is 19.2. The van der Waals surface area contributed by atoms with Crippen LogP contribution in [-0.2, 0) is 19.1 Å². The van der Waals surface area contributed by atoms with Crippen LogP contribution in [-0.4, -0.2) is 37.2 Å². The number of carbonyl (C=O) groups excluding carboxylic acids is 3. The van der Waals surface area contributed by atoms with Gasteiger partial charge in [0.15, 0.2) is 0 Å². The molecule has 0 unspecified atom stereocenters. The van der Waals surface area contributed by atoms with Crippen molar-refractivity contribution in [1.29, 1.82) is 0 Å². The minimum Gasteiger partial charge on any atom is -0.464 e. The zero-order valence-electron chi connectivity index (χ0n) is 22.8. The molecule has 5 rings (SSSR count). The number of amides is 2. The van der Waals surface area contributed by atoms with E-state index >= 15 is 0 Å². The third kappa shape index (κ3) is 5.31. The van der Waals surface area contributed by atoms with E-state index in [9.17, 15) is 14.4 Å². The highest BCUT2D eigenvalue weighted by molar-refractivity contribution is 6.25. The van der Waals surface area contributed by atoms with Gasteiger partial charge in [0, 0.05) is 5.57 Å². The zero-order valence-corrected chi connectivity index (χ0v) is 22.8. The molecule has 0 atom stereocenters. The summed E-state index contributed by atoms with van der Waals surface area (Å²) in [6, 6.07) is 27.9. The Morgan fingerprint density at radius 3 is 2.02 bits per heavy atom. The summed E-state index contributed by atoms with van der Waals surface area (Å²) in [5, 5.41) is 11.6. The lowest BCUT2D eigenvalue weighted by Gasteiger charge is -2.20. The Morgan fingerprint density at radius 1 is 0.750 bits per heavy atom. The Labute approximate surface area is 232 Å². The topological polar surface area (TPSA) is 93.7 Å². The maximum atomic E-state index is 13.2. The molecule has 0 saturated carbocycles. The van der Waals surface area contributed by atoms with Crippen molar-refractivity contribution < 1.29 is 23.9 Å². The molecule has 0 aliphatic carbocycles. The van der Waals surface area contributed by atoms with Crippen molar-refractivity contribution in [2.24, 2.45) is 0 Å². The maximum absolute atomic E-state index is 13.2. The predicted molar refractivity (Wildman–Crippen MR) is 157 cm³/mol. The van der Waals surface area contributed by atoms with Gasteiger partial charge in [0.2, 0.25) is 5.91 Å². The summed E-state index contributed by atoms with van der Waals surface area (Å²) < 4.78 is 10.3. The molecule has 2 amide bonds. The highest BCUT2D eigenvalue weighted by atomic mass is 16.6. The number of methoxy groups -OCH3 is 1. The fraction of sp³-hybridized carbons (Fsp3) is 0.182. The molecule has 2 N–H and O–H groups in total. The predicted octanol–water partition coefficient (Wildman–Crippen LogP) is 6.16. The van der Waals surface area contributed by atoms with E-state index in [1.54, 1.807) is 20.8 Å². The Hall–Kier alpha value is -4.91. The van der Waals surface area contributed by atoms with Crippen LogP contribution in [0.1, 0.15) is 31.9 Å². The number of carbonyl (C=O) groups is 3. The molecule has 0 fully saturated rings. The minimum absolute atomic E-state index is 0.0280. The fourth-order valence-corrected chi connectivity index (χ4v) is 4.96. The molecule has 0 saturated heterocycles. The Kier molecular flexibility index (Phi) is 7.13. The van der Waals surface area contributed by atoms with Crippen molar-refractivity contribution in [3.05, 3.63) is 102 Å². The van der Waals surface area contributed by atoms with Crippen molar-refractivity contribution in [2.45, 2.75) is 26.4 Å². The largest absolute Gasteiger partial charge is 0.464 e. The van der Waals surface area contributed by atoms with Gasteiger partial charge in [-0.05, 0) is 64.2 Å². The molecule has 0 heterocycles. The quantitative estimate of drug-likeness (QED) is 0.155. The summed E-state index contributed by atoms with van der Waals surface area (Å²) in [6.45, 7) is 4.80. The molecular formula is C33H30N2O5. The van der Waals surface area contributed by atoms with E-state index in [1.807, 2.05) is 54.6 Å². The van der Waals surface area contributed by atoms with E-state index in [4.69, 9.17) is 9.47 Å². The molecule has 0 aliphatic rings. The van der Waals surface area contributed by atoms with Crippen LogP contribution in [0.15, 0.2) is 90.6 Å². The SMILES string of the molecule is COC(=O)/C(NC(=O)CNC(=O)OC(C)(C)C)=C(\c1ccccc1)c1ccc2ccc3cccc4ccc1c2c34. The number of rotatable bonds is 6. The van der Waals surface area contributed by atoms with Gasteiger partial charge >= 0.3 is 12.1 Å². The van der Waals surface area contributed by atoms with Gasteiger partial charge < -0.3 is 20.1 Å². The Morgan fingerprint density at radius 2 is 1.38 bits per heavy atom. The standard InChI is InChI=1S/C33H30N2O5/c1-33(2,3)40-32(38)34-19-26(36)35-30(31(37)39-4)29(20-9-6-5-7-10-20)25-18-16-23-14-13-21-11-8-12-22-15-17-24(25)28(23)27(21)22/h5-18H,19H2,1-4H3,(H,34,38)(H,35,36)/b30-29-. The number of benzene rings is 5. The lowest BCUT2D eigenvalue weighted by molar-refractivity contribution is -0.137. The van der Waals surface area contributed by atoms with Crippen molar-refractivity contribution in [3.63, 3.8) is 0 Å². The third-order valence-corrected chi connectivity index (χ3v) is 6.56. The second-order valence-corrected chi connectivity index (χ2v) is 10.5. The van der Waals surface area contributed by atoms with Crippen LogP contribution in [0, 0.1) is 0 Å². The lowest BCUT2D eigenvalue weighted by atomic mass is 9.87. The first kappa shape index (κ1) is 26.7. The van der Waals surface area contributed by atoms with Gasteiger partial charge in [0.25, 0.3) is 0 Å². The molecule has 40 heavy (non-hydrogen) atoms. The molecule has 5 aromatic carbocycles. The second kappa shape index (κ2) is 10.7. The number of hydrogen-bond donors (Lipinski definition) is 2. The number of nitrogens with one attached hydrogen (secondary N) is 2. The first-order valence-corrected chi connectivity index (χ1v) is 13.0. The summed E-state index contributed by atoms with van der Waals surface area (Å²) in [5.41, 5.74) is 1.25. The number of esters is 1. The van der Waals surface area contributed by atoms with Gasteiger partial charge in [-0.25, -0.2) is 9.59 Å². The van der Waals surface area contributed by atoms with Gasteiger partial charge in [0.1, 0.15) is 17.8 Å². The van der Waals surface area contributed by atoms with Crippen LogP contribution < -0.4 is 10.6 Å². The van der Waals surface area contributed by atoms with Crippen LogP contribution in [0.3, 0.4) is 0 Å². The summed E-state index contributed by atoms with van der Waals surface area (Å²) in [6.07, 6.45) is -0.735. The fourth-order valence-electron chi connectivity index (χ4n) is 4.96. The van der Waals surface area contributed by atoms with Gasteiger partial charge in [-0.2, -0.15) is 0 Å². The van der Waals surface area contributed by atoms with Crippen LogP contribution >= 0.6 is 0 Å². The second-order valence-electron chi connectivity index (χ2n) is 10.5. The average Bonchev–Trinajstić information content (AvgIpc) is 2.94. The molecular weight excluding hydrogens is 504 g/mol. The number of alkyl carbamates (subject to hydrolysis) is 1. The summed E-state index contributed by atoms with van der Waals surface area (Å²) in [4.78, 5) is 38.4. The van der Waals surface area contributed by atoms with E-state index in [-0.39, 0.29) is 5.70 Å². The van der Waals surface area contributed by atoms with Crippen molar-refractivity contribution in [1.82, 2.24) is 10.6 Å². The Bertz CT molecular complexity index is 1750. The molecule has 7 heteroatoms. The van der Waals surface area contributed by atoms with Gasteiger partial charge in [-0.3, -0.25) is 4.79 Å². The molecule has 7 nitrogen and oxygen atoms in total. The van der Waals surface area contributed by atoms with Gasteiger partial charge in [0.05, 0.1) is 7.11 Å². The van der Waals surface area contributed by atoms with Crippen LogP contribution in [0.25, 0.3) is 37.9 Å². The van der Waals surface area contributed by atoms with Crippen molar-refractivity contribution in [2.75, 3.05) is 13.7 Å². The number of hydrogen-bond acceptors (Lipinski definition) is 5. The molecule has 0 aromatic heterocycles. The maximum Gasteiger partial charge on any atom is 0.408 e. The van der Waals surface area contributed by atoms with Crippen molar-refractivity contribution in [3.8, 4) is 0 Å². The lowest BCUT2D eigenvalue weighted by Crippen LogP contribution is -2.40. The van der Waals surface area contributed by atoms with Crippen LogP contribution in [0.5, 0.6) is 0 Å². The van der Waals surface area contributed by atoms with E-state index in [2.05, 4.69) is 41.0 Å². The van der Waals surface area contributed by atoms with Gasteiger partial charge in [-0.15, -0.1) is 0 Å². The molecule has 0 bridgehead atoms. The summed E-state index contributed by atoms with van der Waals surface area (Å²) >= 11 is 0. The summed E-state index contributed by atoms with van der Waals surface area (Å²) in [7, 11) is 1.26. The molecule has 5 aromatic rings. The smallest absolute Gasteiger partial charge is 0.408 e. The molecule has 202 valence electrons. The minimum atomic E-state index is -0.735. The molecule has 0 spiro atoms. The number of ether oxygens (including phenoxy) is 2. The third-order valence-electron chi connectivity index (χ3n) is 6.56. The summed E-state index contributed by atoms with van der Waals surface area (Å²) in [5.74, 6) is -1.31. The van der Waals surface area contributed by atoms with E-state index in [0.717, 1.165) is 43.4 Å². The van der Waals surface area contributed by atoms with E-state index in [0.29, 0.717) is 5.57 Å². The van der Waals surface area contributed by atoms with E-state index < -0.39 is 30.1 Å². The normalized spacial score (nSPS) is 12.3. The Balaban J connectivity index is 1.67. The highest BCUT2D eigenvalue weighted by Crippen LogP contribution is 2.40. The van der Waals surface area contributed by atoms with Crippen molar-refractivity contribution >= 4 is 55.9 Å². The molecule has 0 radical (unpaired) electrons. The van der Waals surface area contributed by atoms with Gasteiger partial charge in [-0.1, -0.05) is 84.9 Å². The zero-order chi connectivity index (χ0) is 28.4. The highest BCUT2D eigenvalue weighted by Gasteiger charge is 2.24.